The Morgan fingerprint density at radius 1 is 0.960 bits per heavy atom. The molecule has 0 spiro atoms. The number of nitrogens with two attached hydrogens (primary N) is 1. The van der Waals surface area contributed by atoms with E-state index >= 15 is 0 Å². The fourth-order valence-electron chi connectivity index (χ4n) is 3.02. The van der Waals surface area contributed by atoms with Gasteiger partial charge in [0.2, 0.25) is 0 Å². The number of benzene rings is 2. The van der Waals surface area contributed by atoms with Gasteiger partial charge in [-0.1, -0.05) is 32.0 Å². The number of rotatable bonds is 9. The second-order valence-corrected chi connectivity index (χ2v) is 6.81. The zero-order valence-electron chi connectivity index (χ0n) is 15.8. The van der Waals surface area contributed by atoms with Crippen LogP contribution >= 0.6 is 0 Å². The van der Waals surface area contributed by atoms with E-state index in [2.05, 4.69) is 43.0 Å². The van der Waals surface area contributed by atoms with Crippen molar-refractivity contribution in [2.75, 3.05) is 33.0 Å². The second kappa shape index (κ2) is 9.33. The van der Waals surface area contributed by atoms with Gasteiger partial charge in [0, 0.05) is 25.3 Å². The Labute approximate surface area is 151 Å². The Kier molecular flexibility index (Phi) is 7.14. The van der Waals surface area contributed by atoms with Gasteiger partial charge in [0.1, 0.15) is 0 Å². The number of nitrogens with zero attached hydrogens (tertiary/aromatic N) is 1. The molecular formula is C21H30N2O2. The van der Waals surface area contributed by atoms with Crippen LogP contribution in [0.25, 0.3) is 0 Å². The Morgan fingerprint density at radius 2 is 1.72 bits per heavy atom. The minimum Gasteiger partial charge on any atom is -0.493 e. The van der Waals surface area contributed by atoms with Gasteiger partial charge in [-0.15, -0.1) is 0 Å². The molecule has 25 heavy (non-hydrogen) atoms. The van der Waals surface area contributed by atoms with Crippen molar-refractivity contribution in [3.05, 3.63) is 53.6 Å². The minimum absolute atomic E-state index is 0.617. The maximum atomic E-state index is 5.92. The van der Waals surface area contributed by atoms with Crippen molar-refractivity contribution in [1.29, 1.82) is 0 Å². The molecule has 4 nitrogen and oxygen atoms in total. The van der Waals surface area contributed by atoms with E-state index in [4.69, 9.17) is 15.2 Å². The first-order valence-corrected chi connectivity index (χ1v) is 8.79. The Morgan fingerprint density at radius 3 is 2.36 bits per heavy atom. The molecule has 2 aromatic rings. The van der Waals surface area contributed by atoms with E-state index in [1.165, 1.54) is 11.1 Å². The van der Waals surface area contributed by atoms with Gasteiger partial charge in [0.15, 0.2) is 11.5 Å². The monoisotopic (exact) mass is 342 g/mol. The maximum Gasteiger partial charge on any atom is 0.160 e. The number of hydrogen-bond donors (Lipinski definition) is 1. The predicted molar refractivity (Wildman–Crippen MR) is 104 cm³/mol. The van der Waals surface area contributed by atoms with Crippen LogP contribution in [0.1, 0.15) is 25.0 Å². The van der Waals surface area contributed by atoms with E-state index in [1.54, 1.807) is 14.2 Å². The molecular weight excluding hydrogens is 312 g/mol. The standard InChI is InChI=1S/C21H30N2O2/c1-16(2)14-23(15-18-6-5-7-19(22)12-18)11-10-17-8-9-20(24-3)21(13-17)25-4/h5-9,12-13,16H,10-11,14-15,22H2,1-4H3. The topological polar surface area (TPSA) is 47.7 Å². The lowest BCUT2D eigenvalue weighted by molar-refractivity contribution is 0.239. The van der Waals surface area contributed by atoms with Gasteiger partial charge >= 0.3 is 0 Å². The highest BCUT2D eigenvalue weighted by Gasteiger charge is 2.10. The summed E-state index contributed by atoms with van der Waals surface area (Å²) in [6, 6.07) is 14.3. The normalized spacial score (nSPS) is 11.1. The molecule has 0 radical (unpaired) electrons. The van der Waals surface area contributed by atoms with Crippen LogP contribution in [-0.4, -0.2) is 32.2 Å². The maximum absolute atomic E-state index is 5.92. The van der Waals surface area contributed by atoms with Crippen LogP contribution in [0.5, 0.6) is 11.5 Å². The fourth-order valence-corrected chi connectivity index (χ4v) is 3.02. The van der Waals surface area contributed by atoms with Crippen molar-refractivity contribution >= 4 is 5.69 Å². The molecule has 0 bridgehead atoms. The summed E-state index contributed by atoms with van der Waals surface area (Å²) in [4.78, 5) is 2.48. The van der Waals surface area contributed by atoms with Gasteiger partial charge in [-0.05, 0) is 47.7 Å². The molecule has 136 valence electrons. The van der Waals surface area contributed by atoms with Crippen molar-refractivity contribution in [3.63, 3.8) is 0 Å². The first kappa shape index (κ1) is 19.1. The molecule has 0 amide bonds. The van der Waals surface area contributed by atoms with Crippen molar-refractivity contribution in [3.8, 4) is 11.5 Å². The van der Waals surface area contributed by atoms with Crippen LogP contribution in [0.15, 0.2) is 42.5 Å². The van der Waals surface area contributed by atoms with E-state index < -0.39 is 0 Å². The molecule has 0 saturated heterocycles. The summed E-state index contributed by atoms with van der Waals surface area (Å²) in [5, 5.41) is 0. The van der Waals surface area contributed by atoms with Crippen LogP contribution in [-0.2, 0) is 13.0 Å². The molecule has 0 aromatic heterocycles. The van der Waals surface area contributed by atoms with Crippen molar-refractivity contribution in [2.24, 2.45) is 5.92 Å². The minimum atomic E-state index is 0.617. The lowest BCUT2D eigenvalue weighted by Crippen LogP contribution is -2.29. The van der Waals surface area contributed by atoms with Crippen molar-refractivity contribution in [2.45, 2.75) is 26.8 Å². The highest BCUT2D eigenvalue weighted by molar-refractivity contribution is 5.43. The SMILES string of the molecule is COc1ccc(CCN(Cc2cccc(N)c2)CC(C)C)cc1OC. The first-order valence-electron chi connectivity index (χ1n) is 8.79. The number of nitrogen functional groups attached to an aromatic ring is 1. The van der Waals surface area contributed by atoms with Gasteiger partial charge in [-0.3, -0.25) is 4.90 Å². The summed E-state index contributed by atoms with van der Waals surface area (Å²) in [6.07, 6.45) is 0.968. The molecule has 0 unspecified atom stereocenters. The van der Waals surface area contributed by atoms with Gasteiger partial charge in [0.05, 0.1) is 14.2 Å². The summed E-state index contributed by atoms with van der Waals surface area (Å²) in [7, 11) is 3.33. The van der Waals surface area contributed by atoms with E-state index in [9.17, 15) is 0 Å². The van der Waals surface area contributed by atoms with E-state index in [0.717, 1.165) is 43.2 Å². The van der Waals surface area contributed by atoms with Crippen molar-refractivity contribution in [1.82, 2.24) is 4.90 Å². The third kappa shape index (κ3) is 5.98. The Hall–Kier alpha value is -2.20. The molecule has 0 aliphatic heterocycles. The van der Waals surface area contributed by atoms with Crippen molar-refractivity contribution < 1.29 is 9.47 Å². The zero-order valence-corrected chi connectivity index (χ0v) is 15.8. The summed E-state index contributed by atoms with van der Waals surface area (Å²) in [6.45, 7) is 7.46. The molecule has 2 N–H and O–H groups in total. The van der Waals surface area contributed by atoms with Crippen LogP contribution in [0, 0.1) is 5.92 Å². The predicted octanol–water partition coefficient (Wildman–Crippen LogP) is 3.99. The number of anilines is 1. The average Bonchev–Trinajstić information content (AvgIpc) is 2.59. The van der Waals surface area contributed by atoms with Gasteiger partial charge in [-0.2, -0.15) is 0 Å². The zero-order chi connectivity index (χ0) is 18.2. The molecule has 0 aliphatic carbocycles. The van der Waals surface area contributed by atoms with E-state index in [0.29, 0.717) is 5.92 Å². The molecule has 0 heterocycles. The third-order valence-electron chi connectivity index (χ3n) is 4.15. The number of methoxy groups -OCH3 is 2. The van der Waals surface area contributed by atoms with Crippen LogP contribution in [0.4, 0.5) is 5.69 Å². The Balaban J connectivity index is 2.04. The quantitative estimate of drug-likeness (QED) is 0.700. The van der Waals surface area contributed by atoms with Crippen LogP contribution < -0.4 is 15.2 Å². The Bertz CT molecular complexity index is 671. The van der Waals surface area contributed by atoms with Gasteiger partial charge in [0.25, 0.3) is 0 Å². The molecule has 4 heteroatoms. The summed E-state index contributed by atoms with van der Waals surface area (Å²) in [5.41, 5.74) is 9.24. The largest absolute Gasteiger partial charge is 0.493 e. The van der Waals surface area contributed by atoms with Gasteiger partial charge < -0.3 is 15.2 Å². The van der Waals surface area contributed by atoms with Crippen LogP contribution in [0.2, 0.25) is 0 Å². The molecule has 0 atom stereocenters. The highest BCUT2D eigenvalue weighted by atomic mass is 16.5. The smallest absolute Gasteiger partial charge is 0.160 e. The lowest BCUT2D eigenvalue weighted by atomic mass is 10.1. The average molecular weight is 342 g/mol. The number of hydrogen-bond acceptors (Lipinski definition) is 4. The number of ether oxygens (including phenoxy) is 2. The highest BCUT2D eigenvalue weighted by Crippen LogP contribution is 2.27. The fraction of sp³-hybridized carbons (Fsp3) is 0.429. The van der Waals surface area contributed by atoms with Gasteiger partial charge in [-0.25, -0.2) is 0 Å². The second-order valence-electron chi connectivity index (χ2n) is 6.81. The molecule has 0 saturated carbocycles. The van der Waals surface area contributed by atoms with Crippen LogP contribution in [0.3, 0.4) is 0 Å². The van der Waals surface area contributed by atoms with E-state index in [-0.39, 0.29) is 0 Å². The third-order valence-corrected chi connectivity index (χ3v) is 4.15. The van der Waals surface area contributed by atoms with E-state index in [1.807, 2.05) is 18.2 Å². The summed E-state index contributed by atoms with van der Waals surface area (Å²) < 4.78 is 10.7. The molecule has 2 aromatic carbocycles. The summed E-state index contributed by atoms with van der Waals surface area (Å²) >= 11 is 0. The lowest BCUT2D eigenvalue weighted by Gasteiger charge is -2.24. The first-order chi connectivity index (χ1) is 12.0. The molecule has 0 aliphatic rings. The molecule has 0 fully saturated rings. The molecule has 2 rings (SSSR count). The summed E-state index contributed by atoms with van der Waals surface area (Å²) in [5.74, 6) is 2.17.